The van der Waals surface area contributed by atoms with Crippen molar-refractivity contribution in [3.05, 3.63) is 188 Å². The molecule has 330 valence electrons. The third kappa shape index (κ3) is 7.43. The molecule has 0 saturated carbocycles. The Hall–Kier alpha value is -6.39. The first-order chi connectivity index (χ1) is 32.6. The third-order valence-corrected chi connectivity index (χ3v) is 15.3. The molecular weight excluding hydrogens is 805 g/mol. The number of allylic oxidation sites excluding steroid dienone is 8. The standard InChI is InChI=1S/C62H61N2O2/c1-3-41-34-42(4-2)36-51(35-41)58-45(26-28-47-39-56(43-16-7-5-8-17-43)65-61-52-24-14-32-63-30-12-22-49(59(52)63)37-54(47)61)20-11-21-46(58)27-29-48-40-57(44-18-9-6-10-19-44)66-62-53-25-15-33-64-31-13-23-50(60(53)64)38-55(48)62/h5-10,16-19,26-29,34-40H,3-4,11-15,20-25,30-33H2,1-2H3/q+1. The lowest BCUT2D eigenvalue weighted by Gasteiger charge is -2.39. The first-order valence-corrected chi connectivity index (χ1v) is 25.2. The van der Waals surface area contributed by atoms with Gasteiger partial charge in [0.1, 0.15) is 11.5 Å². The number of benzene rings is 5. The average molecular weight is 866 g/mol. The molecule has 5 aliphatic heterocycles. The van der Waals surface area contributed by atoms with Crippen molar-refractivity contribution in [1.82, 2.24) is 0 Å². The van der Waals surface area contributed by atoms with Gasteiger partial charge in [-0.15, -0.1) is 0 Å². The highest BCUT2D eigenvalue weighted by Gasteiger charge is 2.34. The minimum Gasteiger partial charge on any atom is -0.456 e. The monoisotopic (exact) mass is 865 g/mol. The summed E-state index contributed by atoms with van der Waals surface area (Å²) < 4.78 is 14.0. The largest absolute Gasteiger partial charge is 0.456 e. The zero-order valence-electron chi connectivity index (χ0n) is 38.9. The van der Waals surface area contributed by atoms with E-state index in [2.05, 4.69) is 151 Å². The van der Waals surface area contributed by atoms with Gasteiger partial charge < -0.3 is 14.5 Å². The predicted octanol–water partition coefficient (Wildman–Crippen LogP) is 15.0. The second kappa shape index (κ2) is 17.4. The SMILES string of the molecule is CCc1cc(CC)cc(C2=C(/C=C/c3cc(-c4ccccc4)[o+]c4c5c6c(cc34)CCCN6CCC5)CCC/C2=C\C=C2/C=C(c3ccccc3)Oc3c2cc2c4c3CCCN4CCC2)c1. The molecule has 66 heavy (non-hydrogen) atoms. The molecule has 0 amide bonds. The molecule has 1 aromatic heterocycles. The highest BCUT2D eigenvalue weighted by Crippen LogP contribution is 2.49. The van der Waals surface area contributed by atoms with Crippen molar-refractivity contribution in [2.75, 3.05) is 36.0 Å². The van der Waals surface area contributed by atoms with Gasteiger partial charge in [0.2, 0.25) is 0 Å². The first kappa shape index (κ1) is 41.1. The van der Waals surface area contributed by atoms with E-state index in [1.165, 1.54) is 115 Å². The van der Waals surface area contributed by atoms with Crippen LogP contribution < -0.4 is 14.5 Å². The van der Waals surface area contributed by atoms with Crippen LogP contribution >= 0.6 is 0 Å². The normalized spacial score (nSPS) is 19.0. The van der Waals surface area contributed by atoms with Crippen LogP contribution in [0.5, 0.6) is 5.75 Å². The maximum atomic E-state index is 7.01. The van der Waals surface area contributed by atoms with Crippen LogP contribution in [0.15, 0.2) is 137 Å². The van der Waals surface area contributed by atoms with Crippen molar-refractivity contribution in [1.29, 1.82) is 0 Å². The van der Waals surface area contributed by atoms with Gasteiger partial charge in [-0.1, -0.05) is 105 Å². The van der Waals surface area contributed by atoms with E-state index in [4.69, 9.17) is 9.15 Å². The molecule has 0 fully saturated rings. The van der Waals surface area contributed by atoms with E-state index < -0.39 is 0 Å². The van der Waals surface area contributed by atoms with Gasteiger partial charge in [-0.2, -0.15) is 0 Å². The average Bonchev–Trinajstić information content (AvgIpc) is 3.38. The van der Waals surface area contributed by atoms with Crippen molar-refractivity contribution >= 4 is 45.3 Å². The van der Waals surface area contributed by atoms with Gasteiger partial charge >= 0.3 is 11.3 Å². The van der Waals surface area contributed by atoms with Crippen LogP contribution in [0.2, 0.25) is 0 Å². The molecule has 0 bridgehead atoms. The number of hydrogen-bond donors (Lipinski definition) is 0. The van der Waals surface area contributed by atoms with Crippen LogP contribution in [0.25, 0.3) is 45.3 Å². The Morgan fingerprint density at radius 1 is 0.591 bits per heavy atom. The summed E-state index contributed by atoms with van der Waals surface area (Å²) in [7, 11) is 0. The molecular formula is C62H61N2O2+. The van der Waals surface area contributed by atoms with E-state index in [0.717, 1.165) is 118 Å². The molecule has 12 rings (SSSR count). The Morgan fingerprint density at radius 2 is 1.24 bits per heavy atom. The summed E-state index contributed by atoms with van der Waals surface area (Å²) in [6.07, 6.45) is 26.5. The molecule has 0 N–H and O–H groups in total. The Labute approximate surface area is 391 Å². The summed E-state index contributed by atoms with van der Waals surface area (Å²) in [4.78, 5) is 5.26. The molecule has 6 heterocycles. The summed E-state index contributed by atoms with van der Waals surface area (Å²) in [5.41, 5.74) is 24.1. The van der Waals surface area contributed by atoms with Crippen LogP contribution in [-0.2, 0) is 38.5 Å². The summed E-state index contributed by atoms with van der Waals surface area (Å²) in [6, 6.07) is 36.0. The van der Waals surface area contributed by atoms with E-state index in [0.29, 0.717) is 0 Å². The second-order valence-corrected chi connectivity index (χ2v) is 19.4. The van der Waals surface area contributed by atoms with Gasteiger partial charge in [-0.05, 0) is 164 Å². The van der Waals surface area contributed by atoms with Crippen LogP contribution in [0, 0.1) is 0 Å². The maximum Gasteiger partial charge on any atom is 0.366 e. The molecule has 6 aliphatic rings. The lowest BCUT2D eigenvalue weighted by Crippen LogP contribution is -2.35. The first-order valence-electron chi connectivity index (χ1n) is 25.2. The molecule has 5 aromatic carbocycles. The van der Waals surface area contributed by atoms with Crippen molar-refractivity contribution in [2.45, 2.75) is 97.3 Å². The number of ether oxygens (including phenoxy) is 1. The number of nitrogens with zero attached hydrogens (tertiary/aromatic N) is 2. The van der Waals surface area contributed by atoms with Gasteiger partial charge in [0.25, 0.3) is 0 Å². The number of hydrogen-bond acceptors (Lipinski definition) is 3. The summed E-state index contributed by atoms with van der Waals surface area (Å²) in [6.45, 7) is 9.16. The van der Waals surface area contributed by atoms with Gasteiger partial charge in [-0.3, -0.25) is 0 Å². The quantitative estimate of drug-likeness (QED) is 0.142. The Bertz CT molecular complexity index is 3030. The predicted molar refractivity (Wildman–Crippen MR) is 276 cm³/mol. The fourth-order valence-corrected chi connectivity index (χ4v) is 12.1. The van der Waals surface area contributed by atoms with Crippen molar-refractivity contribution in [2.24, 2.45) is 0 Å². The summed E-state index contributed by atoms with van der Waals surface area (Å²) >= 11 is 0. The highest BCUT2D eigenvalue weighted by molar-refractivity contribution is 5.97. The van der Waals surface area contributed by atoms with Crippen molar-refractivity contribution in [3.63, 3.8) is 0 Å². The van der Waals surface area contributed by atoms with Crippen molar-refractivity contribution in [3.8, 4) is 17.1 Å². The number of aryl methyl sites for hydroxylation is 5. The van der Waals surface area contributed by atoms with Crippen LogP contribution in [0.3, 0.4) is 0 Å². The van der Waals surface area contributed by atoms with E-state index in [-0.39, 0.29) is 0 Å². The zero-order valence-corrected chi connectivity index (χ0v) is 38.9. The number of rotatable bonds is 8. The van der Waals surface area contributed by atoms with Crippen LogP contribution in [0.1, 0.15) is 114 Å². The van der Waals surface area contributed by atoms with Gasteiger partial charge in [0, 0.05) is 54.1 Å². The van der Waals surface area contributed by atoms with E-state index in [1.54, 1.807) is 0 Å². The Morgan fingerprint density at radius 3 is 1.95 bits per heavy atom. The molecule has 1 aliphatic carbocycles. The number of anilines is 2. The smallest absolute Gasteiger partial charge is 0.366 e. The van der Waals surface area contributed by atoms with Crippen molar-refractivity contribution < 1.29 is 9.15 Å². The fraction of sp³-hybridized carbons (Fsp3) is 0.306. The molecule has 0 radical (unpaired) electrons. The minimum atomic E-state index is 0.933. The fourth-order valence-electron chi connectivity index (χ4n) is 12.1. The van der Waals surface area contributed by atoms with Crippen LogP contribution in [0.4, 0.5) is 11.4 Å². The summed E-state index contributed by atoms with van der Waals surface area (Å²) in [5, 5.41) is 1.24. The zero-order chi connectivity index (χ0) is 44.1. The molecule has 6 aromatic rings. The van der Waals surface area contributed by atoms with E-state index in [9.17, 15) is 0 Å². The Kier molecular flexibility index (Phi) is 10.9. The lowest BCUT2D eigenvalue weighted by molar-refractivity contribution is 0.494. The summed E-state index contributed by atoms with van der Waals surface area (Å²) in [5.74, 6) is 2.93. The molecule has 4 heteroatoms. The van der Waals surface area contributed by atoms with Crippen LogP contribution in [-0.4, -0.2) is 26.2 Å². The lowest BCUT2D eigenvalue weighted by atomic mass is 9.81. The molecule has 0 spiro atoms. The van der Waals surface area contributed by atoms with Gasteiger partial charge in [0.15, 0.2) is 0 Å². The molecule has 0 unspecified atom stereocenters. The highest BCUT2D eigenvalue weighted by atomic mass is 16.5. The molecule has 0 atom stereocenters. The topological polar surface area (TPSA) is 27.0 Å². The van der Waals surface area contributed by atoms with Gasteiger partial charge in [0.05, 0.1) is 28.3 Å². The maximum absolute atomic E-state index is 7.01. The second-order valence-electron chi connectivity index (χ2n) is 19.4. The Balaban J connectivity index is 1.04. The third-order valence-electron chi connectivity index (χ3n) is 15.3. The molecule has 4 nitrogen and oxygen atoms in total. The van der Waals surface area contributed by atoms with Gasteiger partial charge in [-0.25, -0.2) is 4.42 Å². The van der Waals surface area contributed by atoms with E-state index in [1.807, 2.05) is 0 Å². The number of fused-ring (bicyclic) bond motifs is 4. The molecule has 0 saturated heterocycles. The van der Waals surface area contributed by atoms with E-state index >= 15 is 0 Å². The minimum absolute atomic E-state index is 0.933.